The Hall–Kier alpha value is -1.79. The van der Waals surface area contributed by atoms with E-state index in [9.17, 15) is 4.79 Å². The Morgan fingerprint density at radius 2 is 1.69 bits per heavy atom. The van der Waals surface area contributed by atoms with Crippen LogP contribution in [-0.4, -0.2) is 74.5 Å². The van der Waals surface area contributed by atoms with Crippen molar-refractivity contribution in [2.45, 2.75) is 37.8 Å². The topological polar surface area (TPSA) is 61.8 Å². The minimum Gasteiger partial charge on any atom is -0.482 e. The first-order valence-electron chi connectivity index (χ1n) is 9.70. The van der Waals surface area contributed by atoms with E-state index >= 15 is 0 Å². The summed E-state index contributed by atoms with van der Waals surface area (Å²) in [5.74, 6) is -0.347. The van der Waals surface area contributed by atoms with Gasteiger partial charge in [-0.15, -0.1) is 0 Å². The average molecular weight is 362 g/mol. The molecule has 0 bridgehead atoms. The molecule has 2 heterocycles. The van der Waals surface area contributed by atoms with Gasteiger partial charge in [0.2, 0.25) is 0 Å². The second kappa shape index (κ2) is 8.27. The molecular weight excluding hydrogens is 330 g/mol. The third-order valence-corrected chi connectivity index (χ3v) is 6.22. The van der Waals surface area contributed by atoms with E-state index in [1.54, 1.807) is 0 Å². The normalized spacial score (nSPS) is 20.2. The molecule has 2 aliphatic rings. The zero-order valence-electron chi connectivity index (χ0n) is 16.0. The third kappa shape index (κ3) is 4.48. The van der Waals surface area contributed by atoms with Gasteiger partial charge in [-0.05, 0) is 24.3 Å². The lowest BCUT2D eigenvalue weighted by Gasteiger charge is -2.48. The van der Waals surface area contributed by atoms with Crippen molar-refractivity contribution in [3.8, 4) is 5.75 Å². The molecule has 2 fully saturated rings. The van der Waals surface area contributed by atoms with Crippen molar-refractivity contribution in [1.29, 1.82) is 0 Å². The highest BCUT2D eigenvalue weighted by Crippen LogP contribution is 2.30. The van der Waals surface area contributed by atoms with Crippen molar-refractivity contribution >= 4 is 11.7 Å². The summed E-state index contributed by atoms with van der Waals surface area (Å²) in [7, 11) is 4.84. The summed E-state index contributed by atoms with van der Waals surface area (Å²) >= 11 is 0. The summed E-state index contributed by atoms with van der Waals surface area (Å²) in [4.78, 5) is 13.0. The predicted octanol–water partition coefficient (Wildman–Crippen LogP) is 1.95. The van der Waals surface area contributed by atoms with E-state index in [1.807, 2.05) is 24.3 Å². The van der Waals surface area contributed by atoms with Gasteiger partial charge in [0.25, 0.3) is 0 Å². The number of carboxylic acid groups (broad SMARTS) is 1. The minimum atomic E-state index is -0.953. The van der Waals surface area contributed by atoms with Gasteiger partial charge in [-0.1, -0.05) is 0 Å². The minimum absolute atomic E-state index is 0.297. The van der Waals surface area contributed by atoms with Crippen molar-refractivity contribution in [2.24, 2.45) is 0 Å². The van der Waals surface area contributed by atoms with Crippen LogP contribution in [0.3, 0.4) is 0 Å². The van der Waals surface area contributed by atoms with Crippen LogP contribution in [0.15, 0.2) is 24.3 Å². The van der Waals surface area contributed by atoms with Gasteiger partial charge in [-0.2, -0.15) is 0 Å². The molecule has 0 spiro atoms. The molecule has 0 unspecified atom stereocenters. The van der Waals surface area contributed by atoms with Crippen LogP contribution >= 0.6 is 0 Å². The first kappa shape index (κ1) is 19.0. The quantitative estimate of drug-likeness (QED) is 0.758. The predicted molar refractivity (Wildman–Crippen MR) is 103 cm³/mol. The number of ether oxygens (including phenoxy) is 1. The van der Waals surface area contributed by atoms with Crippen molar-refractivity contribution in [3.63, 3.8) is 0 Å². The molecule has 1 aromatic rings. The summed E-state index contributed by atoms with van der Waals surface area (Å²) in [6.45, 7) is 4.16. The number of hydrogen-bond donors (Lipinski definition) is 2. The summed E-state index contributed by atoms with van der Waals surface area (Å²) in [5, 5.41) is 12.2. The highest BCUT2D eigenvalue weighted by Gasteiger charge is 2.38. The largest absolute Gasteiger partial charge is 0.482 e. The zero-order valence-corrected chi connectivity index (χ0v) is 16.0. The van der Waals surface area contributed by atoms with Gasteiger partial charge in [0.05, 0.1) is 26.2 Å². The smallest absolute Gasteiger partial charge is 0.341 e. The number of nitrogens with one attached hydrogen (secondary N) is 1. The molecule has 6 nitrogen and oxygen atoms in total. The molecule has 2 aliphatic heterocycles. The van der Waals surface area contributed by atoms with Gasteiger partial charge in [0, 0.05) is 57.5 Å². The third-order valence-electron chi connectivity index (χ3n) is 6.22. The van der Waals surface area contributed by atoms with Crippen LogP contribution in [0.1, 0.15) is 25.7 Å². The molecule has 2 N–H and O–H groups in total. The maximum atomic E-state index is 10.6. The fourth-order valence-electron chi connectivity index (χ4n) is 4.46. The molecule has 1 aromatic carbocycles. The molecule has 2 saturated heterocycles. The second-order valence-corrected chi connectivity index (χ2v) is 8.00. The molecule has 0 atom stereocenters. The number of anilines is 1. The molecule has 0 aliphatic carbocycles. The number of quaternary nitrogens is 1. The number of benzene rings is 1. The maximum Gasteiger partial charge on any atom is 0.341 e. The average Bonchev–Trinajstić information content (AvgIpc) is 2.67. The Balaban J connectivity index is 1.53. The molecule has 6 heteroatoms. The molecule has 144 valence electrons. The summed E-state index contributed by atoms with van der Waals surface area (Å²) < 4.78 is 6.36. The number of piperidine rings is 2. The molecule has 0 saturated carbocycles. The zero-order chi connectivity index (χ0) is 18.6. The Labute approximate surface area is 156 Å². The second-order valence-electron chi connectivity index (χ2n) is 8.00. The summed E-state index contributed by atoms with van der Waals surface area (Å²) in [5.41, 5.74) is 1.19. The SMILES string of the molecule is C[N+](C)(C1CCNCC1)C1CCN(c2ccc(OCC(=O)O)cc2)CC1. The van der Waals surface area contributed by atoms with Crippen LogP contribution in [0.4, 0.5) is 5.69 Å². The van der Waals surface area contributed by atoms with Crippen molar-refractivity contribution in [3.05, 3.63) is 24.3 Å². The van der Waals surface area contributed by atoms with Crippen LogP contribution in [0.2, 0.25) is 0 Å². The van der Waals surface area contributed by atoms with E-state index in [0.717, 1.165) is 42.7 Å². The Morgan fingerprint density at radius 1 is 1.12 bits per heavy atom. The summed E-state index contributed by atoms with van der Waals surface area (Å²) in [6, 6.07) is 9.29. The molecule has 3 rings (SSSR count). The van der Waals surface area contributed by atoms with Crippen molar-refractivity contribution in [1.82, 2.24) is 5.32 Å². The van der Waals surface area contributed by atoms with E-state index in [-0.39, 0.29) is 6.61 Å². The van der Waals surface area contributed by atoms with Crippen LogP contribution in [0, 0.1) is 0 Å². The first-order chi connectivity index (χ1) is 12.5. The van der Waals surface area contributed by atoms with E-state index in [2.05, 4.69) is 24.3 Å². The molecule has 0 aromatic heterocycles. The Kier molecular flexibility index (Phi) is 6.04. The van der Waals surface area contributed by atoms with E-state index < -0.39 is 5.97 Å². The summed E-state index contributed by atoms with van der Waals surface area (Å²) in [6.07, 6.45) is 5.00. The highest BCUT2D eigenvalue weighted by atomic mass is 16.5. The number of carbonyl (C=O) groups is 1. The van der Waals surface area contributed by atoms with E-state index in [1.165, 1.54) is 31.4 Å². The van der Waals surface area contributed by atoms with Crippen LogP contribution in [-0.2, 0) is 4.79 Å². The fraction of sp³-hybridized carbons (Fsp3) is 0.650. The first-order valence-corrected chi connectivity index (χ1v) is 9.70. The number of hydrogen-bond acceptors (Lipinski definition) is 4. The van der Waals surface area contributed by atoms with Gasteiger partial charge in [-0.3, -0.25) is 0 Å². The lowest BCUT2D eigenvalue weighted by atomic mass is 9.94. The lowest BCUT2D eigenvalue weighted by molar-refractivity contribution is -0.940. The van der Waals surface area contributed by atoms with E-state index in [4.69, 9.17) is 9.84 Å². The van der Waals surface area contributed by atoms with E-state index in [0.29, 0.717) is 5.75 Å². The highest BCUT2D eigenvalue weighted by molar-refractivity contribution is 5.68. The molecular formula is C20H32N3O3+. The Bertz CT molecular complexity index is 589. The lowest BCUT2D eigenvalue weighted by Crippen LogP contribution is -2.61. The number of nitrogens with zero attached hydrogens (tertiary/aromatic N) is 2. The molecule has 0 amide bonds. The maximum absolute atomic E-state index is 10.6. The molecule has 0 radical (unpaired) electrons. The van der Waals surface area contributed by atoms with Crippen LogP contribution in [0.25, 0.3) is 0 Å². The standard InChI is InChI=1S/C20H31N3O3/c1-23(2,17-7-11-21-12-8-17)18-9-13-22(14-10-18)16-3-5-19(6-4-16)26-15-20(24)25/h3-6,17-18,21H,7-15H2,1-2H3/p+1. The van der Waals surface area contributed by atoms with Crippen LogP contribution < -0.4 is 15.0 Å². The van der Waals surface area contributed by atoms with Crippen molar-refractivity contribution in [2.75, 3.05) is 51.8 Å². The van der Waals surface area contributed by atoms with Gasteiger partial charge >= 0.3 is 5.97 Å². The Morgan fingerprint density at radius 3 is 2.27 bits per heavy atom. The van der Waals surface area contributed by atoms with Gasteiger partial charge in [-0.25, -0.2) is 4.79 Å². The monoisotopic (exact) mass is 362 g/mol. The van der Waals surface area contributed by atoms with Gasteiger partial charge in [0.1, 0.15) is 5.75 Å². The number of rotatable bonds is 6. The fourth-order valence-corrected chi connectivity index (χ4v) is 4.46. The molecule has 26 heavy (non-hydrogen) atoms. The van der Waals surface area contributed by atoms with Gasteiger partial charge < -0.3 is 24.5 Å². The van der Waals surface area contributed by atoms with Gasteiger partial charge in [0.15, 0.2) is 6.61 Å². The number of aliphatic carboxylic acids is 1. The van der Waals surface area contributed by atoms with Crippen molar-refractivity contribution < 1.29 is 19.1 Å². The number of carboxylic acids is 1. The van der Waals surface area contributed by atoms with Crippen LogP contribution in [0.5, 0.6) is 5.75 Å².